The van der Waals surface area contributed by atoms with Gasteiger partial charge < -0.3 is 54.3 Å². The molecule has 0 bridgehead atoms. The number of hydrogen-bond acceptors (Lipinski definition) is 12. The predicted octanol–water partition coefficient (Wildman–Crippen LogP) is -3.90. The third-order valence-electron chi connectivity index (χ3n) is 6.26. The van der Waals surface area contributed by atoms with Crippen LogP contribution >= 0.6 is 0 Å². The molecule has 12 heteroatoms. The predicted molar refractivity (Wildman–Crippen MR) is 87.5 cm³/mol. The lowest BCUT2D eigenvalue weighted by Crippen LogP contribution is -2.63. The smallest absolute Gasteiger partial charge is 0.339 e. The number of aliphatic hydroxyl groups excluding tert-OH is 5. The first-order valence-corrected chi connectivity index (χ1v) is 9.09. The number of hydrogen-bond donors (Lipinski definition) is 6. The second-order valence-corrected chi connectivity index (χ2v) is 7.83. The van der Waals surface area contributed by atoms with Gasteiger partial charge in [-0.05, 0) is 6.92 Å². The van der Waals surface area contributed by atoms with Crippen LogP contribution in [0.5, 0.6) is 0 Å². The summed E-state index contributed by atoms with van der Waals surface area (Å²) < 4.78 is 26.5. The fraction of sp³-hybridized carbons (Fsp3) is 0.824. The second kappa shape index (κ2) is 6.83. The van der Waals surface area contributed by atoms with Gasteiger partial charge in [-0.15, -0.1) is 0 Å². The molecule has 1 aliphatic carbocycles. The van der Waals surface area contributed by atoms with Crippen LogP contribution < -0.4 is 0 Å². The number of methoxy groups -OCH3 is 1. The van der Waals surface area contributed by atoms with E-state index in [4.69, 9.17) is 18.9 Å². The number of carbonyl (C=O) groups excluding carboxylic acids is 1. The van der Waals surface area contributed by atoms with Crippen molar-refractivity contribution in [2.75, 3.05) is 13.7 Å². The fourth-order valence-corrected chi connectivity index (χ4v) is 4.58. The summed E-state index contributed by atoms with van der Waals surface area (Å²) in [6, 6.07) is 0. The standard InChI is InChI=1S/C17H24O12/c1-16-10-15(28-14-9(21)8(20)7(19)6(3-18)27-14)26-4-5(13(23)25-2)17(10,24)11(22)12(16)29-16/h4,6-12,14-15,18-22,24H,3H2,1-2H3/t6-,7-,8+,9-,10?,11-,12?,14+,15?,16-,17+/m1/s1. The Hall–Kier alpha value is -1.35. The van der Waals surface area contributed by atoms with Crippen molar-refractivity contribution in [2.45, 2.75) is 67.3 Å². The number of esters is 1. The summed E-state index contributed by atoms with van der Waals surface area (Å²) >= 11 is 0. The monoisotopic (exact) mass is 420 g/mol. The summed E-state index contributed by atoms with van der Waals surface area (Å²) in [5.74, 6) is -2.03. The number of ether oxygens (including phenoxy) is 5. The van der Waals surface area contributed by atoms with Gasteiger partial charge in [-0.25, -0.2) is 4.79 Å². The van der Waals surface area contributed by atoms with Crippen LogP contribution in [0.25, 0.3) is 0 Å². The zero-order chi connectivity index (χ0) is 21.3. The van der Waals surface area contributed by atoms with E-state index in [0.717, 1.165) is 13.4 Å². The van der Waals surface area contributed by atoms with Crippen molar-refractivity contribution in [2.24, 2.45) is 5.92 Å². The average molecular weight is 420 g/mol. The molecule has 12 nitrogen and oxygen atoms in total. The first kappa shape index (κ1) is 20.9. The molecular weight excluding hydrogens is 396 g/mol. The number of carbonyl (C=O) groups is 1. The van der Waals surface area contributed by atoms with Crippen LogP contribution in [0.3, 0.4) is 0 Å². The largest absolute Gasteiger partial charge is 0.471 e. The normalized spacial score (nSPS) is 53.4. The van der Waals surface area contributed by atoms with Crippen LogP contribution in [0.4, 0.5) is 0 Å². The maximum absolute atomic E-state index is 12.1. The van der Waals surface area contributed by atoms with E-state index < -0.39 is 78.9 Å². The van der Waals surface area contributed by atoms with Gasteiger partial charge >= 0.3 is 5.97 Å². The Labute approximate surface area is 164 Å². The fourth-order valence-electron chi connectivity index (χ4n) is 4.58. The van der Waals surface area contributed by atoms with E-state index in [1.807, 2.05) is 0 Å². The highest BCUT2D eigenvalue weighted by molar-refractivity contribution is 5.91. The zero-order valence-electron chi connectivity index (χ0n) is 15.6. The molecule has 164 valence electrons. The highest BCUT2D eigenvalue weighted by atomic mass is 16.8. The molecule has 3 heterocycles. The minimum absolute atomic E-state index is 0.317. The Morgan fingerprint density at radius 1 is 1.17 bits per heavy atom. The van der Waals surface area contributed by atoms with E-state index in [2.05, 4.69) is 4.74 Å². The minimum atomic E-state index is -2.12. The second-order valence-electron chi connectivity index (χ2n) is 7.83. The lowest BCUT2D eigenvalue weighted by atomic mass is 9.77. The molecule has 3 aliphatic heterocycles. The first-order valence-electron chi connectivity index (χ1n) is 9.09. The summed E-state index contributed by atoms with van der Waals surface area (Å²) in [6.07, 6.45) is -10.5. The Morgan fingerprint density at radius 3 is 2.48 bits per heavy atom. The SMILES string of the molecule is COC(=O)C1=COC(O[C@@H]2O[C@H](CO)[C@@H](O)[C@H](O)[C@H]2O)C2[C@@]3(C)OC3[C@@H](O)[C@]12O. The van der Waals surface area contributed by atoms with Crippen molar-refractivity contribution in [3.05, 3.63) is 11.8 Å². The molecule has 0 radical (unpaired) electrons. The summed E-state index contributed by atoms with van der Waals surface area (Å²) in [6.45, 7) is 0.939. The van der Waals surface area contributed by atoms with E-state index in [9.17, 15) is 35.4 Å². The van der Waals surface area contributed by atoms with Gasteiger partial charge in [-0.2, -0.15) is 0 Å². The van der Waals surface area contributed by atoms with Crippen molar-refractivity contribution in [1.82, 2.24) is 0 Å². The van der Waals surface area contributed by atoms with Gasteiger partial charge in [-0.3, -0.25) is 0 Å². The molecule has 1 saturated carbocycles. The summed E-state index contributed by atoms with van der Waals surface area (Å²) in [5, 5.41) is 61.2. The number of epoxide rings is 1. The van der Waals surface area contributed by atoms with Crippen LogP contribution in [-0.4, -0.2) is 111 Å². The summed E-state index contributed by atoms with van der Waals surface area (Å²) in [4.78, 5) is 12.1. The molecule has 2 saturated heterocycles. The third-order valence-corrected chi connectivity index (χ3v) is 6.26. The van der Waals surface area contributed by atoms with E-state index in [1.54, 1.807) is 6.92 Å². The number of fused-ring (bicyclic) bond motifs is 3. The quantitative estimate of drug-likeness (QED) is 0.192. The van der Waals surface area contributed by atoms with Crippen LogP contribution in [0.1, 0.15) is 6.92 Å². The van der Waals surface area contributed by atoms with Crippen molar-refractivity contribution in [1.29, 1.82) is 0 Å². The number of rotatable bonds is 4. The third kappa shape index (κ3) is 2.76. The molecule has 0 amide bonds. The molecule has 11 atom stereocenters. The average Bonchev–Trinajstić information content (AvgIpc) is 3.34. The van der Waals surface area contributed by atoms with Crippen molar-refractivity contribution in [3.63, 3.8) is 0 Å². The van der Waals surface area contributed by atoms with Gasteiger partial charge in [-0.1, -0.05) is 0 Å². The Balaban J connectivity index is 1.64. The van der Waals surface area contributed by atoms with Crippen LogP contribution in [0, 0.1) is 5.92 Å². The van der Waals surface area contributed by atoms with Gasteiger partial charge in [0.15, 0.2) is 6.29 Å². The summed E-state index contributed by atoms with van der Waals surface area (Å²) in [7, 11) is 1.11. The molecule has 3 fully saturated rings. The topological polar surface area (TPSA) is 188 Å². The van der Waals surface area contributed by atoms with E-state index in [-0.39, 0.29) is 5.57 Å². The van der Waals surface area contributed by atoms with Crippen molar-refractivity contribution >= 4 is 5.97 Å². The summed E-state index contributed by atoms with van der Waals surface area (Å²) in [5.41, 5.74) is -3.55. The maximum Gasteiger partial charge on any atom is 0.339 e. The molecule has 29 heavy (non-hydrogen) atoms. The Bertz CT molecular complexity index is 711. The Kier molecular flexibility index (Phi) is 4.93. The molecule has 0 aromatic carbocycles. The van der Waals surface area contributed by atoms with Crippen LogP contribution in [0.2, 0.25) is 0 Å². The molecule has 4 aliphatic rings. The van der Waals surface area contributed by atoms with Crippen LogP contribution in [0.15, 0.2) is 11.8 Å². The lowest BCUT2D eigenvalue weighted by Gasteiger charge is -2.46. The van der Waals surface area contributed by atoms with Crippen LogP contribution in [-0.2, 0) is 28.5 Å². The first-order chi connectivity index (χ1) is 13.6. The van der Waals surface area contributed by atoms with E-state index in [1.165, 1.54) is 0 Å². The molecular formula is C17H24O12. The zero-order valence-corrected chi connectivity index (χ0v) is 15.6. The molecule has 6 N–H and O–H groups in total. The molecule has 0 aromatic rings. The van der Waals surface area contributed by atoms with Gasteiger partial charge in [0.25, 0.3) is 0 Å². The molecule has 0 aromatic heterocycles. The lowest BCUT2D eigenvalue weighted by molar-refractivity contribution is -0.350. The van der Waals surface area contributed by atoms with Gasteiger partial charge in [0, 0.05) is 0 Å². The van der Waals surface area contributed by atoms with E-state index >= 15 is 0 Å². The minimum Gasteiger partial charge on any atom is -0.471 e. The van der Waals surface area contributed by atoms with Crippen molar-refractivity contribution in [3.8, 4) is 0 Å². The Morgan fingerprint density at radius 2 is 1.86 bits per heavy atom. The molecule has 3 unspecified atom stereocenters. The molecule has 0 spiro atoms. The van der Waals surface area contributed by atoms with Gasteiger partial charge in [0.05, 0.1) is 19.6 Å². The number of aliphatic hydroxyl groups is 6. The van der Waals surface area contributed by atoms with Gasteiger partial charge in [0.1, 0.15) is 59.7 Å². The maximum atomic E-state index is 12.1. The van der Waals surface area contributed by atoms with Crippen molar-refractivity contribution < 1.29 is 59.1 Å². The highest BCUT2D eigenvalue weighted by Gasteiger charge is 2.81. The van der Waals surface area contributed by atoms with E-state index in [0.29, 0.717) is 0 Å². The molecule has 4 rings (SSSR count). The van der Waals surface area contributed by atoms with Gasteiger partial charge in [0.2, 0.25) is 6.29 Å². The highest BCUT2D eigenvalue weighted by Crippen LogP contribution is 2.63.